The molecule has 2 aromatic carbocycles. The molecule has 2 atom stereocenters. The molecule has 0 aliphatic carbocycles. The topological polar surface area (TPSA) is 62.8 Å². The van der Waals surface area contributed by atoms with E-state index in [1.54, 1.807) is 18.2 Å². The summed E-state index contributed by atoms with van der Waals surface area (Å²) in [4.78, 5) is 14.0. The molecule has 3 rings (SSSR count). The van der Waals surface area contributed by atoms with Crippen LogP contribution in [0.3, 0.4) is 0 Å². The molecular weight excluding hydrogens is 430 g/mol. The van der Waals surface area contributed by atoms with Crippen molar-refractivity contribution < 1.29 is 31.8 Å². The molecule has 0 bridgehead atoms. The summed E-state index contributed by atoms with van der Waals surface area (Å²) in [7, 11) is 0. The minimum atomic E-state index is -4.83. The number of carbonyl (C=O) groups is 1. The van der Waals surface area contributed by atoms with Crippen molar-refractivity contribution in [2.24, 2.45) is 0 Å². The standard InChI is InChI=1S/C22H25F4N3O3/c1-14-12-29(13-15(2)31-14)19-8-7-16(9-18(19)23)10-27-21(30)28-11-17-5-3-4-6-20(17)32-22(24,25)26/h3-9,14-15H,10-13H2,1-2H3,(H2,27,28,30). The van der Waals surface area contributed by atoms with Crippen molar-refractivity contribution in [1.82, 2.24) is 10.6 Å². The summed E-state index contributed by atoms with van der Waals surface area (Å²) in [5.74, 6) is -0.783. The Hall–Kier alpha value is -3.01. The predicted octanol–water partition coefficient (Wildman–Crippen LogP) is 4.34. The van der Waals surface area contributed by atoms with E-state index in [0.717, 1.165) is 0 Å². The second kappa shape index (κ2) is 10.1. The van der Waals surface area contributed by atoms with Gasteiger partial charge >= 0.3 is 12.4 Å². The minimum Gasteiger partial charge on any atom is -0.405 e. The Kier molecular flexibility index (Phi) is 7.44. The average molecular weight is 455 g/mol. The number of amides is 2. The monoisotopic (exact) mass is 455 g/mol. The second-order valence-corrected chi connectivity index (χ2v) is 7.64. The first-order valence-electron chi connectivity index (χ1n) is 10.1. The van der Waals surface area contributed by atoms with Gasteiger partial charge in [0.2, 0.25) is 0 Å². The molecule has 0 saturated carbocycles. The van der Waals surface area contributed by atoms with E-state index in [1.807, 2.05) is 18.7 Å². The molecule has 1 heterocycles. The smallest absolute Gasteiger partial charge is 0.405 e. The molecule has 2 unspecified atom stereocenters. The zero-order valence-electron chi connectivity index (χ0n) is 17.7. The van der Waals surface area contributed by atoms with Crippen molar-refractivity contribution in [3.05, 3.63) is 59.4 Å². The molecular formula is C22H25F4N3O3. The highest BCUT2D eigenvalue weighted by atomic mass is 19.4. The second-order valence-electron chi connectivity index (χ2n) is 7.64. The molecule has 0 spiro atoms. The van der Waals surface area contributed by atoms with Crippen LogP contribution in [0.5, 0.6) is 5.75 Å². The Bertz CT molecular complexity index is 929. The van der Waals surface area contributed by atoms with Gasteiger partial charge in [-0.2, -0.15) is 0 Å². The van der Waals surface area contributed by atoms with E-state index in [1.165, 1.54) is 24.3 Å². The Labute approximate surface area is 183 Å². The fraction of sp³-hybridized carbons (Fsp3) is 0.409. The minimum absolute atomic E-state index is 0.00477. The predicted molar refractivity (Wildman–Crippen MR) is 111 cm³/mol. The first-order chi connectivity index (χ1) is 15.1. The first kappa shape index (κ1) is 23.6. The van der Waals surface area contributed by atoms with Gasteiger partial charge in [-0.25, -0.2) is 9.18 Å². The largest absolute Gasteiger partial charge is 0.573 e. The van der Waals surface area contributed by atoms with Crippen LogP contribution in [0, 0.1) is 5.82 Å². The van der Waals surface area contributed by atoms with Gasteiger partial charge in [-0.15, -0.1) is 13.2 Å². The molecule has 10 heteroatoms. The number of nitrogens with one attached hydrogen (secondary N) is 2. The summed E-state index contributed by atoms with van der Waals surface area (Å²) >= 11 is 0. The number of nitrogens with zero attached hydrogens (tertiary/aromatic N) is 1. The van der Waals surface area contributed by atoms with Gasteiger partial charge in [0.25, 0.3) is 0 Å². The normalized spacial score (nSPS) is 18.9. The highest BCUT2D eigenvalue weighted by Crippen LogP contribution is 2.26. The number of morpholine rings is 1. The van der Waals surface area contributed by atoms with E-state index in [2.05, 4.69) is 15.4 Å². The van der Waals surface area contributed by atoms with E-state index in [9.17, 15) is 22.4 Å². The summed E-state index contributed by atoms with van der Waals surface area (Å²) in [5, 5.41) is 5.03. The third-order valence-electron chi connectivity index (χ3n) is 4.86. The fourth-order valence-electron chi connectivity index (χ4n) is 3.59. The van der Waals surface area contributed by atoms with E-state index in [-0.39, 0.29) is 36.6 Å². The molecule has 2 aromatic rings. The van der Waals surface area contributed by atoms with Crippen LogP contribution in [0.1, 0.15) is 25.0 Å². The summed E-state index contributed by atoms with van der Waals surface area (Å²) in [6.07, 6.45) is -4.84. The first-order valence-corrected chi connectivity index (χ1v) is 10.1. The Morgan fingerprint density at radius 1 is 1.09 bits per heavy atom. The highest BCUT2D eigenvalue weighted by Gasteiger charge is 2.32. The molecule has 174 valence electrons. The van der Waals surface area contributed by atoms with E-state index in [4.69, 9.17) is 4.74 Å². The van der Waals surface area contributed by atoms with Gasteiger partial charge in [0.15, 0.2) is 0 Å². The van der Waals surface area contributed by atoms with Gasteiger partial charge in [-0.05, 0) is 37.6 Å². The summed E-state index contributed by atoms with van der Waals surface area (Å²) < 4.78 is 61.7. The van der Waals surface area contributed by atoms with Crippen molar-refractivity contribution >= 4 is 11.7 Å². The van der Waals surface area contributed by atoms with Crippen molar-refractivity contribution in [1.29, 1.82) is 0 Å². The van der Waals surface area contributed by atoms with Gasteiger partial charge in [-0.3, -0.25) is 0 Å². The maximum absolute atomic E-state index is 14.6. The number of carbonyl (C=O) groups excluding carboxylic acids is 1. The molecule has 32 heavy (non-hydrogen) atoms. The summed E-state index contributed by atoms with van der Waals surface area (Å²) in [5.41, 5.74) is 1.20. The van der Waals surface area contributed by atoms with Crippen LogP contribution < -0.4 is 20.3 Å². The number of hydrogen-bond acceptors (Lipinski definition) is 4. The van der Waals surface area contributed by atoms with E-state index in [0.29, 0.717) is 24.3 Å². The van der Waals surface area contributed by atoms with Gasteiger partial charge in [0, 0.05) is 31.7 Å². The Morgan fingerprint density at radius 2 is 1.75 bits per heavy atom. The van der Waals surface area contributed by atoms with Crippen molar-refractivity contribution in [2.45, 2.75) is 45.5 Å². The lowest BCUT2D eigenvalue weighted by atomic mass is 10.1. The Morgan fingerprint density at radius 3 is 2.41 bits per heavy atom. The molecule has 2 amide bonds. The van der Waals surface area contributed by atoms with Crippen LogP contribution in [0.2, 0.25) is 0 Å². The Balaban J connectivity index is 1.53. The van der Waals surface area contributed by atoms with Crippen molar-refractivity contribution in [3.8, 4) is 5.75 Å². The molecule has 6 nitrogen and oxygen atoms in total. The lowest BCUT2D eigenvalue weighted by Crippen LogP contribution is -2.45. The van der Waals surface area contributed by atoms with Crippen LogP contribution in [0.25, 0.3) is 0 Å². The highest BCUT2D eigenvalue weighted by molar-refractivity contribution is 5.74. The van der Waals surface area contributed by atoms with E-state index < -0.39 is 18.2 Å². The molecule has 1 aliphatic heterocycles. The van der Waals surface area contributed by atoms with Crippen LogP contribution >= 0.6 is 0 Å². The number of halogens is 4. The number of alkyl halides is 3. The molecule has 1 aliphatic rings. The van der Waals surface area contributed by atoms with Crippen molar-refractivity contribution in [3.63, 3.8) is 0 Å². The zero-order chi connectivity index (χ0) is 23.3. The lowest BCUT2D eigenvalue weighted by molar-refractivity contribution is -0.274. The van der Waals surface area contributed by atoms with Crippen LogP contribution in [-0.4, -0.2) is 37.7 Å². The third kappa shape index (κ3) is 6.74. The number of benzene rings is 2. The fourth-order valence-corrected chi connectivity index (χ4v) is 3.59. The van der Waals surface area contributed by atoms with Gasteiger partial charge in [-0.1, -0.05) is 24.3 Å². The number of para-hydroxylation sites is 1. The van der Waals surface area contributed by atoms with Crippen LogP contribution in [0.15, 0.2) is 42.5 Å². The quantitative estimate of drug-likeness (QED) is 0.637. The summed E-state index contributed by atoms with van der Waals surface area (Å²) in [6, 6.07) is 9.67. The number of rotatable bonds is 6. The lowest BCUT2D eigenvalue weighted by Gasteiger charge is -2.37. The number of hydrogen-bond donors (Lipinski definition) is 2. The maximum atomic E-state index is 14.6. The van der Waals surface area contributed by atoms with Crippen LogP contribution in [0.4, 0.5) is 28.0 Å². The number of anilines is 1. The summed E-state index contributed by atoms with van der Waals surface area (Å²) in [6.45, 7) is 4.93. The number of urea groups is 1. The molecule has 0 aromatic heterocycles. The van der Waals surface area contributed by atoms with Gasteiger partial charge < -0.3 is 25.0 Å². The molecule has 0 radical (unpaired) electrons. The molecule has 1 fully saturated rings. The van der Waals surface area contributed by atoms with Gasteiger partial charge in [0.05, 0.1) is 17.9 Å². The van der Waals surface area contributed by atoms with E-state index >= 15 is 0 Å². The maximum Gasteiger partial charge on any atom is 0.573 e. The van der Waals surface area contributed by atoms with Crippen LogP contribution in [-0.2, 0) is 17.8 Å². The number of ether oxygens (including phenoxy) is 2. The van der Waals surface area contributed by atoms with Crippen molar-refractivity contribution in [2.75, 3.05) is 18.0 Å². The average Bonchev–Trinajstić information content (AvgIpc) is 2.70. The molecule has 1 saturated heterocycles. The SMILES string of the molecule is CC1CN(c2ccc(CNC(=O)NCc3ccccc3OC(F)(F)F)cc2F)CC(C)O1. The zero-order valence-corrected chi connectivity index (χ0v) is 17.7. The third-order valence-corrected chi connectivity index (χ3v) is 4.86. The molecule has 2 N–H and O–H groups in total. The van der Waals surface area contributed by atoms with Gasteiger partial charge in [0.1, 0.15) is 11.6 Å².